The summed E-state index contributed by atoms with van der Waals surface area (Å²) in [5.74, 6) is 0.319. The van der Waals surface area contributed by atoms with Crippen LogP contribution in [0.4, 0.5) is 11.4 Å². The van der Waals surface area contributed by atoms with Crippen LogP contribution in [-0.2, 0) is 14.8 Å². The number of nitrogens with one attached hydrogen (secondary N) is 1. The highest BCUT2D eigenvalue weighted by Gasteiger charge is 2.17. The second-order valence-electron chi connectivity index (χ2n) is 6.35. The van der Waals surface area contributed by atoms with Gasteiger partial charge < -0.3 is 10.1 Å². The molecule has 0 heterocycles. The van der Waals surface area contributed by atoms with Crippen molar-refractivity contribution in [1.82, 2.24) is 0 Å². The van der Waals surface area contributed by atoms with Crippen molar-refractivity contribution in [3.63, 3.8) is 0 Å². The van der Waals surface area contributed by atoms with E-state index < -0.39 is 16.1 Å². The van der Waals surface area contributed by atoms with Crippen LogP contribution in [0.2, 0.25) is 0 Å². The van der Waals surface area contributed by atoms with Gasteiger partial charge in [-0.15, -0.1) is 0 Å². The molecule has 0 bridgehead atoms. The maximum Gasteiger partial charge on any atom is 0.265 e. The second-order valence-corrected chi connectivity index (χ2v) is 8.37. The molecule has 0 spiro atoms. The zero-order chi connectivity index (χ0) is 19.5. The zero-order valence-electron chi connectivity index (χ0n) is 15.6. The van der Waals surface area contributed by atoms with E-state index in [4.69, 9.17) is 4.74 Å². The van der Waals surface area contributed by atoms with E-state index in [-0.39, 0.29) is 5.91 Å². The van der Waals surface area contributed by atoms with Crippen LogP contribution in [0.15, 0.2) is 42.5 Å². The topological polar surface area (TPSA) is 75.7 Å². The summed E-state index contributed by atoms with van der Waals surface area (Å²) in [4.78, 5) is 12.4. The zero-order valence-corrected chi connectivity index (χ0v) is 16.4. The maximum absolute atomic E-state index is 12.4. The Labute approximate surface area is 154 Å². The average molecular weight is 376 g/mol. The molecule has 0 unspecified atom stereocenters. The van der Waals surface area contributed by atoms with Crippen molar-refractivity contribution in [3.8, 4) is 5.75 Å². The Bertz CT molecular complexity index is 889. The largest absolute Gasteiger partial charge is 0.481 e. The van der Waals surface area contributed by atoms with Gasteiger partial charge in [-0.1, -0.05) is 12.1 Å². The molecule has 0 aliphatic rings. The first-order valence-corrected chi connectivity index (χ1v) is 10.0. The molecule has 2 aromatic carbocycles. The van der Waals surface area contributed by atoms with Crippen LogP contribution >= 0.6 is 0 Å². The predicted molar refractivity (Wildman–Crippen MR) is 104 cm³/mol. The maximum atomic E-state index is 12.4. The molecule has 1 amide bonds. The van der Waals surface area contributed by atoms with Crippen molar-refractivity contribution in [1.29, 1.82) is 0 Å². The quantitative estimate of drug-likeness (QED) is 0.840. The van der Waals surface area contributed by atoms with E-state index in [0.717, 1.165) is 21.7 Å². The number of amides is 1. The highest BCUT2D eigenvalue weighted by molar-refractivity contribution is 7.92. The van der Waals surface area contributed by atoms with Gasteiger partial charge in [-0.3, -0.25) is 9.10 Å². The number of carbonyl (C=O) groups excluding carboxylic acids is 1. The van der Waals surface area contributed by atoms with E-state index in [0.29, 0.717) is 17.1 Å². The lowest BCUT2D eigenvalue weighted by Crippen LogP contribution is -2.30. The Kier molecular flexibility index (Phi) is 5.92. The van der Waals surface area contributed by atoms with E-state index in [1.54, 1.807) is 31.2 Å². The lowest BCUT2D eigenvalue weighted by Gasteiger charge is -2.19. The Hall–Kier alpha value is -2.54. The van der Waals surface area contributed by atoms with E-state index in [2.05, 4.69) is 5.32 Å². The Morgan fingerprint density at radius 1 is 1.12 bits per heavy atom. The second kappa shape index (κ2) is 7.78. The predicted octanol–water partition coefficient (Wildman–Crippen LogP) is 3.11. The number of hydrogen-bond acceptors (Lipinski definition) is 4. The average Bonchev–Trinajstić information content (AvgIpc) is 2.52. The minimum Gasteiger partial charge on any atom is -0.481 e. The normalized spacial score (nSPS) is 12.3. The number of carbonyl (C=O) groups is 1. The Morgan fingerprint density at radius 2 is 1.73 bits per heavy atom. The summed E-state index contributed by atoms with van der Waals surface area (Å²) in [5, 5.41) is 2.75. The van der Waals surface area contributed by atoms with E-state index in [1.807, 2.05) is 32.0 Å². The van der Waals surface area contributed by atoms with Crippen LogP contribution in [0.25, 0.3) is 0 Å². The summed E-state index contributed by atoms with van der Waals surface area (Å²) >= 11 is 0. The molecule has 0 aromatic heterocycles. The Balaban J connectivity index is 2.09. The lowest BCUT2D eigenvalue weighted by atomic mass is 10.1. The van der Waals surface area contributed by atoms with Gasteiger partial charge in [-0.05, 0) is 62.2 Å². The molecule has 0 aliphatic carbocycles. The van der Waals surface area contributed by atoms with Crippen LogP contribution in [-0.4, -0.2) is 33.7 Å². The molecule has 6 nitrogen and oxygen atoms in total. The fourth-order valence-corrected chi connectivity index (χ4v) is 2.97. The third kappa shape index (κ3) is 5.23. The molecule has 2 rings (SSSR count). The van der Waals surface area contributed by atoms with Crippen molar-refractivity contribution >= 4 is 27.3 Å². The fourth-order valence-electron chi connectivity index (χ4n) is 2.47. The van der Waals surface area contributed by atoms with Crippen LogP contribution in [0, 0.1) is 13.8 Å². The van der Waals surface area contributed by atoms with Gasteiger partial charge in [0.2, 0.25) is 10.0 Å². The van der Waals surface area contributed by atoms with Crippen LogP contribution < -0.4 is 14.4 Å². The lowest BCUT2D eigenvalue weighted by molar-refractivity contribution is -0.122. The summed E-state index contributed by atoms with van der Waals surface area (Å²) in [6, 6.07) is 12.4. The van der Waals surface area contributed by atoms with E-state index >= 15 is 0 Å². The van der Waals surface area contributed by atoms with Crippen molar-refractivity contribution in [2.24, 2.45) is 0 Å². The third-order valence-electron chi connectivity index (χ3n) is 3.85. The third-order valence-corrected chi connectivity index (χ3v) is 5.06. The van der Waals surface area contributed by atoms with Crippen LogP contribution in [0.1, 0.15) is 18.1 Å². The van der Waals surface area contributed by atoms with Crippen molar-refractivity contribution in [3.05, 3.63) is 53.6 Å². The summed E-state index contributed by atoms with van der Waals surface area (Å²) < 4.78 is 30.2. The van der Waals surface area contributed by atoms with Gasteiger partial charge in [0.25, 0.3) is 5.91 Å². The number of aryl methyl sites for hydroxylation is 2. The highest BCUT2D eigenvalue weighted by atomic mass is 32.2. The SMILES string of the molecule is Cc1cc(C)cc(O[C@H](C)C(=O)Nc2cccc(N(C)S(C)(=O)=O)c2)c1. The van der Waals surface area contributed by atoms with E-state index in [1.165, 1.54) is 7.05 Å². The summed E-state index contributed by atoms with van der Waals surface area (Å²) in [7, 11) is -1.91. The van der Waals surface area contributed by atoms with E-state index in [9.17, 15) is 13.2 Å². The number of benzene rings is 2. The van der Waals surface area contributed by atoms with Gasteiger partial charge in [-0.25, -0.2) is 8.42 Å². The van der Waals surface area contributed by atoms with Crippen LogP contribution in [0.5, 0.6) is 5.75 Å². The summed E-state index contributed by atoms with van der Waals surface area (Å²) in [5.41, 5.74) is 3.08. The highest BCUT2D eigenvalue weighted by Crippen LogP contribution is 2.21. The van der Waals surface area contributed by atoms with Gasteiger partial charge in [-0.2, -0.15) is 0 Å². The van der Waals surface area contributed by atoms with Gasteiger partial charge in [0.05, 0.1) is 11.9 Å². The molecule has 1 atom stereocenters. The molecular weight excluding hydrogens is 352 g/mol. The van der Waals surface area contributed by atoms with Gasteiger partial charge in [0, 0.05) is 12.7 Å². The molecule has 0 fully saturated rings. The minimum atomic E-state index is -3.37. The molecule has 26 heavy (non-hydrogen) atoms. The first kappa shape index (κ1) is 19.8. The van der Waals surface area contributed by atoms with Gasteiger partial charge in [0.1, 0.15) is 5.75 Å². The van der Waals surface area contributed by atoms with Gasteiger partial charge in [0.15, 0.2) is 6.10 Å². The number of sulfonamides is 1. The molecule has 0 radical (unpaired) electrons. The van der Waals surface area contributed by atoms with Gasteiger partial charge >= 0.3 is 0 Å². The van der Waals surface area contributed by atoms with Crippen molar-refractivity contribution < 1.29 is 17.9 Å². The standard InChI is InChI=1S/C19H24N2O4S/c1-13-9-14(2)11-18(10-13)25-15(3)19(22)20-16-7-6-8-17(12-16)21(4)26(5,23)24/h6-12,15H,1-5H3,(H,20,22)/t15-/m1/s1. The fraction of sp³-hybridized carbons (Fsp3) is 0.316. The molecule has 0 saturated carbocycles. The smallest absolute Gasteiger partial charge is 0.265 e. The van der Waals surface area contributed by atoms with Crippen molar-refractivity contribution in [2.75, 3.05) is 22.9 Å². The Morgan fingerprint density at radius 3 is 2.31 bits per heavy atom. The number of ether oxygens (including phenoxy) is 1. The number of rotatable bonds is 6. The van der Waals surface area contributed by atoms with Crippen LogP contribution in [0.3, 0.4) is 0 Å². The molecule has 0 aliphatic heterocycles. The first-order chi connectivity index (χ1) is 12.1. The molecule has 140 valence electrons. The summed E-state index contributed by atoms with van der Waals surface area (Å²) in [6.45, 7) is 5.60. The summed E-state index contributed by atoms with van der Waals surface area (Å²) in [6.07, 6.45) is 0.422. The molecule has 2 aromatic rings. The number of nitrogens with zero attached hydrogens (tertiary/aromatic N) is 1. The first-order valence-electron chi connectivity index (χ1n) is 8.16. The minimum absolute atomic E-state index is 0.316. The molecule has 0 saturated heterocycles. The number of hydrogen-bond donors (Lipinski definition) is 1. The molecule has 1 N–H and O–H groups in total. The number of anilines is 2. The monoisotopic (exact) mass is 376 g/mol. The van der Waals surface area contributed by atoms with Crippen molar-refractivity contribution in [2.45, 2.75) is 26.9 Å². The molecular formula is C19H24N2O4S. The molecule has 7 heteroatoms.